The van der Waals surface area contributed by atoms with Crippen molar-refractivity contribution < 1.29 is 19.0 Å². The van der Waals surface area contributed by atoms with E-state index in [0.29, 0.717) is 11.5 Å². The van der Waals surface area contributed by atoms with Crippen LogP contribution in [0.25, 0.3) is 10.8 Å². The van der Waals surface area contributed by atoms with E-state index < -0.39 is 0 Å². The van der Waals surface area contributed by atoms with Crippen LogP contribution in [0.1, 0.15) is 5.56 Å². The standard InChI is InChI=1S/C20H17NO4/c1-23-17-9-7-16(14-4-2-3-5-15(14)17)21-20(22)11-13-6-8-18-19(10-13)25-12-24-18/h2-10H,11-12H2,1H3,(H,21,22). The van der Waals surface area contributed by atoms with Gasteiger partial charge < -0.3 is 19.5 Å². The first kappa shape index (κ1) is 15.3. The first-order valence-electron chi connectivity index (χ1n) is 7.99. The van der Waals surface area contributed by atoms with E-state index in [1.807, 2.05) is 54.6 Å². The second kappa shape index (κ2) is 6.36. The van der Waals surface area contributed by atoms with E-state index in [-0.39, 0.29) is 19.1 Å². The van der Waals surface area contributed by atoms with E-state index in [9.17, 15) is 4.79 Å². The molecule has 1 amide bonds. The summed E-state index contributed by atoms with van der Waals surface area (Å²) in [5.74, 6) is 2.09. The Morgan fingerprint density at radius 1 is 1.04 bits per heavy atom. The molecular formula is C20H17NO4. The zero-order valence-electron chi connectivity index (χ0n) is 13.7. The number of methoxy groups -OCH3 is 1. The zero-order chi connectivity index (χ0) is 17.2. The number of carbonyl (C=O) groups excluding carboxylic acids is 1. The van der Waals surface area contributed by atoms with Gasteiger partial charge in [-0.25, -0.2) is 0 Å². The van der Waals surface area contributed by atoms with Crippen LogP contribution < -0.4 is 19.5 Å². The third kappa shape index (κ3) is 2.96. The van der Waals surface area contributed by atoms with Crippen LogP contribution in [0.4, 0.5) is 5.69 Å². The molecule has 1 N–H and O–H groups in total. The minimum absolute atomic E-state index is 0.0887. The van der Waals surface area contributed by atoms with E-state index >= 15 is 0 Å². The third-order valence-corrected chi connectivity index (χ3v) is 4.18. The van der Waals surface area contributed by atoms with Crippen LogP contribution in [-0.4, -0.2) is 19.8 Å². The first-order chi connectivity index (χ1) is 12.2. The van der Waals surface area contributed by atoms with Gasteiger partial charge in [0.1, 0.15) is 5.75 Å². The van der Waals surface area contributed by atoms with Gasteiger partial charge in [0.25, 0.3) is 0 Å². The van der Waals surface area contributed by atoms with Gasteiger partial charge in [0, 0.05) is 16.5 Å². The molecule has 1 aliphatic heterocycles. The van der Waals surface area contributed by atoms with Crippen molar-refractivity contribution in [3.05, 3.63) is 60.2 Å². The summed E-state index contributed by atoms with van der Waals surface area (Å²) in [6.07, 6.45) is 0.261. The fraction of sp³-hybridized carbons (Fsp3) is 0.150. The highest BCUT2D eigenvalue weighted by atomic mass is 16.7. The molecule has 1 heterocycles. The molecule has 0 radical (unpaired) electrons. The topological polar surface area (TPSA) is 56.8 Å². The van der Waals surface area contributed by atoms with E-state index in [2.05, 4.69) is 5.32 Å². The summed E-state index contributed by atoms with van der Waals surface area (Å²) in [5, 5.41) is 4.89. The maximum Gasteiger partial charge on any atom is 0.231 e. The molecule has 0 atom stereocenters. The lowest BCUT2D eigenvalue weighted by atomic mass is 10.1. The molecule has 0 fully saturated rings. The average molecular weight is 335 g/mol. The monoisotopic (exact) mass is 335 g/mol. The quantitative estimate of drug-likeness (QED) is 0.789. The Hall–Kier alpha value is -3.21. The fourth-order valence-corrected chi connectivity index (χ4v) is 2.99. The SMILES string of the molecule is COc1ccc(NC(=O)Cc2ccc3c(c2)OCO3)c2ccccc12. The number of nitrogens with one attached hydrogen (secondary N) is 1. The van der Waals surface area contributed by atoms with Gasteiger partial charge >= 0.3 is 0 Å². The number of fused-ring (bicyclic) bond motifs is 2. The maximum absolute atomic E-state index is 12.5. The lowest BCUT2D eigenvalue weighted by Gasteiger charge is -2.12. The summed E-state index contributed by atoms with van der Waals surface area (Å²) in [5.41, 5.74) is 1.64. The average Bonchev–Trinajstić information content (AvgIpc) is 3.10. The van der Waals surface area contributed by atoms with E-state index in [4.69, 9.17) is 14.2 Å². The molecule has 3 aromatic rings. The van der Waals surface area contributed by atoms with Crippen molar-refractivity contribution in [3.8, 4) is 17.2 Å². The van der Waals surface area contributed by atoms with Crippen LogP contribution in [0.2, 0.25) is 0 Å². The Bertz CT molecular complexity index is 952. The van der Waals surface area contributed by atoms with E-state index in [1.54, 1.807) is 7.11 Å². The van der Waals surface area contributed by atoms with Crippen LogP contribution in [-0.2, 0) is 11.2 Å². The molecule has 1 aliphatic rings. The summed E-state index contributed by atoms with van der Waals surface area (Å²) in [4.78, 5) is 12.5. The number of rotatable bonds is 4. The molecule has 0 aliphatic carbocycles. The summed E-state index contributed by atoms with van der Waals surface area (Å²) in [6, 6.07) is 17.1. The van der Waals surface area contributed by atoms with Crippen molar-refractivity contribution in [3.63, 3.8) is 0 Å². The van der Waals surface area contributed by atoms with Gasteiger partial charge in [-0.3, -0.25) is 4.79 Å². The van der Waals surface area contributed by atoms with Crippen LogP contribution >= 0.6 is 0 Å². The lowest BCUT2D eigenvalue weighted by Crippen LogP contribution is -2.14. The normalized spacial score (nSPS) is 12.2. The molecule has 0 aromatic heterocycles. The Labute approximate surface area is 145 Å². The molecule has 0 bridgehead atoms. The van der Waals surface area contributed by atoms with Gasteiger partial charge in [-0.1, -0.05) is 30.3 Å². The second-order valence-electron chi connectivity index (χ2n) is 5.77. The molecule has 0 spiro atoms. The van der Waals surface area contributed by atoms with E-state index in [1.165, 1.54) is 0 Å². The van der Waals surface area contributed by atoms with Crippen LogP contribution in [0.5, 0.6) is 17.2 Å². The smallest absolute Gasteiger partial charge is 0.231 e. The molecular weight excluding hydrogens is 318 g/mol. The Kier molecular flexibility index (Phi) is 3.90. The van der Waals surface area contributed by atoms with Crippen LogP contribution in [0.3, 0.4) is 0 Å². The first-order valence-corrected chi connectivity index (χ1v) is 7.99. The summed E-state index contributed by atoms with van der Waals surface area (Å²) >= 11 is 0. The van der Waals surface area contributed by atoms with Gasteiger partial charge in [-0.15, -0.1) is 0 Å². The summed E-state index contributed by atoms with van der Waals surface area (Å²) in [6.45, 7) is 0.225. The van der Waals surface area contributed by atoms with Crippen molar-refractivity contribution in [2.24, 2.45) is 0 Å². The Morgan fingerprint density at radius 2 is 1.84 bits per heavy atom. The van der Waals surface area contributed by atoms with E-state index in [0.717, 1.165) is 27.8 Å². The molecule has 126 valence electrons. The van der Waals surface area contributed by atoms with Gasteiger partial charge in [0.2, 0.25) is 12.7 Å². The number of carbonyl (C=O) groups is 1. The predicted octanol–water partition coefficient (Wildman–Crippen LogP) is 3.76. The molecule has 25 heavy (non-hydrogen) atoms. The van der Waals surface area contributed by atoms with Gasteiger partial charge in [-0.05, 0) is 29.8 Å². The number of hydrogen-bond acceptors (Lipinski definition) is 4. The largest absolute Gasteiger partial charge is 0.496 e. The van der Waals surface area contributed by atoms with Crippen molar-refractivity contribution in [2.75, 3.05) is 19.2 Å². The molecule has 0 saturated heterocycles. The highest BCUT2D eigenvalue weighted by Gasteiger charge is 2.15. The molecule has 3 aromatic carbocycles. The second-order valence-corrected chi connectivity index (χ2v) is 5.77. The minimum Gasteiger partial charge on any atom is -0.496 e. The minimum atomic E-state index is -0.0887. The number of amides is 1. The van der Waals surface area contributed by atoms with Gasteiger partial charge in [-0.2, -0.15) is 0 Å². The highest BCUT2D eigenvalue weighted by molar-refractivity contribution is 6.04. The fourth-order valence-electron chi connectivity index (χ4n) is 2.99. The molecule has 0 unspecified atom stereocenters. The molecule has 5 nitrogen and oxygen atoms in total. The number of ether oxygens (including phenoxy) is 3. The third-order valence-electron chi connectivity index (χ3n) is 4.18. The van der Waals surface area contributed by atoms with Crippen molar-refractivity contribution >= 4 is 22.4 Å². The number of anilines is 1. The van der Waals surface area contributed by atoms with Crippen molar-refractivity contribution in [2.45, 2.75) is 6.42 Å². The van der Waals surface area contributed by atoms with Crippen molar-refractivity contribution in [1.82, 2.24) is 0 Å². The molecule has 0 saturated carbocycles. The number of benzene rings is 3. The van der Waals surface area contributed by atoms with Crippen LogP contribution in [0.15, 0.2) is 54.6 Å². The van der Waals surface area contributed by atoms with Crippen molar-refractivity contribution in [1.29, 1.82) is 0 Å². The number of hydrogen-bond donors (Lipinski definition) is 1. The predicted molar refractivity (Wildman–Crippen MR) is 95.4 cm³/mol. The van der Waals surface area contributed by atoms with Gasteiger partial charge in [0.15, 0.2) is 11.5 Å². The molecule has 5 heteroatoms. The Balaban J connectivity index is 1.56. The summed E-state index contributed by atoms with van der Waals surface area (Å²) < 4.78 is 16.0. The van der Waals surface area contributed by atoms with Gasteiger partial charge in [0.05, 0.1) is 13.5 Å². The molecule has 4 rings (SSSR count). The zero-order valence-corrected chi connectivity index (χ0v) is 13.7. The summed E-state index contributed by atoms with van der Waals surface area (Å²) in [7, 11) is 1.64. The van der Waals surface area contributed by atoms with Crippen LogP contribution in [0, 0.1) is 0 Å². The lowest BCUT2D eigenvalue weighted by molar-refractivity contribution is -0.115. The maximum atomic E-state index is 12.5. The Morgan fingerprint density at radius 3 is 2.68 bits per heavy atom. The highest BCUT2D eigenvalue weighted by Crippen LogP contribution is 2.33.